The molecule has 0 N–H and O–H groups in total. The first-order chi connectivity index (χ1) is 8.36. The van der Waals surface area contributed by atoms with Crippen LogP contribution in [0.15, 0.2) is 54.7 Å². The van der Waals surface area contributed by atoms with Crippen molar-refractivity contribution in [2.75, 3.05) is 0 Å². The Morgan fingerprint density at radius 2 is 1.56 bits per heavy atom. The maximum absolute atomic E-state index is 2.26. The third-order valence-electron chi connectivity index (χ3n) is 3.27. The molecule has 2 aliphatic rings. The van der Waals surface area contributed by atoms with Gasteiger partial charge in [0.2, 0.25) is 0 Å². The summed E-state index contributed by atoms with van der Waals surface area (Å²) in [5.41, 5.74) is 5.84. The summed E-state index contributed by atoms with van der Waals surface area (Å²) in [5.74, 6) is 0. The van der Waals surface area contributed by atoms with E-state index in [4.69, 9.17) is 0 Å². The predicted octanol–water partition coefficient (Wildman–Crippen LogP) is 3.97. The minimum absolute atomic E-state index is 0. The van der Waals surface area contributed by atoms with Crippen LogP contribution in [-0.4, -0.2) is 0 Å². The third-order valence-corrected chi connectivity index (χ3v) is 4.30. The molecule has 0 radical (unpaired) electrons. The Balaban J connectivity index is 0.00000120. The number of allylic oxidation sites excluding steroid dienone is 8. The van der Waals surface area contributed by atoms with Gasteiger partial charge in [-0.3, -0.25) is 0 Å². The van der Waals surface area contributed by atoms with Gasteiger partial charge in [-0.05, 0) is 0 Å². The van der Waals surface area contributed by atoms with Crippen LogP contribution < -0.4 is 3.27 Å². The molecule has 0 amide bonds. The number of rotatable bonds is 2. The van der Waals surface area contributed by atoms with Crippen molar-refractivity contribution in [1.82, 2.24) is 0 Å². The van der Waals surface area contributed by atoms with E-state index < -0.39 is 0 Å². The second-order valence-corrected chi connectivity index (χ2v) is 5.70. The fourth-order valence-electron chi connectivity index (χ4n) is 2.45. The van der Waals surface area contributed by atoms with Crippen LogP contribution in [0.4, 0.5) is 0 Å². The van der Waals surface area contributed by atoms with Gasteiger partial charge < -0.3 is 0 Å². The first kappa shape index (κ1) is 13.8. The molecule has 0 atom stereocenters. The van der Waals surface area contributed by atoms with Crippen molar-refractivity contribution in [1.29, 1.82) is 0 Å². The molecule has 0 saturated carbocycles. The molecule has 0 spiro atoms. The molecule has 1 aromatic rings. The number of hydrogen-bond donors (Lipinski definition) is 0. The zero-order valence-electron chi connectivity index (χ0n) is 10.0. The van der Waals surface area contributed by atoms with Crippen molar-refractivity contribution in [3.05, 3.63) is 65.8 Å². The molecule has 1 aromatic carbocycles. The van der Waals surface area contributed by atoms with Crippen molar-refractivity contribution in [2.45, 2.75) is 12.8 Å². The SMILES string of the molecule is Cl.[Zr][c]1cccc(C2=CC=CC2)c1C1=CC=CC1. The Bertz CT molecular complexity index is 577. The summed E-state index contributed by atoms with van der Waals surface area (Å²) in [5, 5.41) is 0. The topological polar surface area (TPSA) is 0 Å². The first-order valence-corrected chi connectivity index (χ1v) is 7.16. The Morgan fingerprint density at radius 3 is 2.17 bits per heavy atom. The van der Waals surface area contributed by atoms with Crippen LogP contribution in [0.1, 0.15) is 24.0 Å². The van der Waals surface area contributed by atoms with Gasteiger partial charge in [0, 0.05) is 0 Å². The van der Waals surface area contributed by atoms with Crippen LogP contribution in [0.3, 0.4) is 0 Å². The Labute approximate surface area is 129 Å². The van der Waals surface area contributed by atoms with Crippen LogP contribution in [-0.2, 0) is 24.7 Å². The van der Waals surface area contributed by atoms with Gasteiger partial charge in [0.1, 0.15) is 0 Å². The van der Waals surface area contributed by atoms with Crippen LogP contribution in [0.2, 0.25) is 0 Å². The van der Waals surface area contributed by atoms with Gasteiger partial charge in [0.15, 0.2) is 0 Å². The molecule has 0 aliphatic heterocycles. The van der Waals surface area contributed by atoms with Crippen LogP contribution in [0.5, 0.6) is 0 Å². The van der Waals surface area contributed by atoms with Crippen molar-refractivity contribution in [2.24, 2.45) is 0 Å². The standard InChI is InChI=1S/C16H13.ClH.Zr/c1-2-8-13(7-1)15-11-5-6-12-16(15)14-9-3-4-10-14;;/h1-7,9,11H,8,10H2;1H;. The molecular weight excluding hydrogens is 319 g/mol. The molecule has 0 saturated heterocycles. The average Bonchev–Trinajstić information content (AvgIpc) is 3.02. The van der Waals surface area contributed by atoms with Crippen molar-refractivity contribution >= 4 is 26.8 Å². The molecule has 0 bridgehead atoms. The third kappa shape index (κ3) is 2.53. The van der Waals surface area contributed by atoms with E-state index in [1.54, 1.807) is 0 Å². The van der Waals surface area contributed by atoms with Crippen molar-refractivity contribution in [3.8, 4) is 0 Å². The van der Waals surface area contributed by atoms with E-state index in [-0.39, 0.29) is 12.4 Å². The van der Waals surface area contributed by atoms with Crippen molar-refractivity contribution < 1.29 is 24.7 Å². The van der Waals surface area contributed by atoms with Gasteiger partial charge >= 0.3 is 118 Å². The van der Waals surface area contributed by atoms with Gasteiger partial charge in [-0.25, -0.2) is 0 Å². The van der Waals surface area contributed by atoms with E-state index in [1.807, 2.05) is 0 Å². The fraction of sp³-hybridized carbons (Fsp3) is 0.125. The molecule has 2 heteroatoms. The number of benzene rings is 1. The maximum atomic E-state index is 2.26. The summed E-state index contributed by atoms with van der Waals surface area (Å²) in [4.78, 5) is 0. The molecule has 0 heterocycles. The van der Waals surface area contributed by atoms with Gasteiger partial charge in [0.05, 0.1) is 0 Å². The molecule has 3 rings (SSSR count). The summed E-state index contributed by atoms with van der Waals surface area (Å²) < 4.78 is 1.47. The molecular formula is C16H14ClZr. The molecule has 0 fully saturated rings. The Hall–Kier alpha value is -0.647. The van der Waals surface area contributed by atoms with Gasteiger partial charge in [-0.15, -0.1) is 12.4 Å². The first-order valence-electron chi connectivity index (χ1n) is 5.93. The van der Waals surface area contributed by atoms with E-state index in [2.05, 4.69) is 54.7 Å². The Morgan fingerprint density at radius 1 is 0.889 bits per heavy atom. The van der Waals surface area contributed by atoms with Gasteiger partial charge in [0.25, 0.3) is 0 Å². The second kappa shape index (κ2) is 6.00. The van der Waals surface area contributed by atoms with E-state index in [0.29, 0.717) is 0 Å². The minimum atomic E-state index is 0. The fourth-order valence-corrected chi connectivity index (χ4v) is 3.41. The number of halogens is 1. The van der Waals surface area contributed by atoms with Crippen LogP contribution >= 0.6 is 12.4 Å². The average molecular weight is 333 g/mol. The molecule has 0 nitrogen and oxygen atoms in total. The number of hydrogen-bond acceptors (Lipinski definition) is 0. The molecule has 2 aliphatic carbocycles. The van der Waals surface area contributed by atoms with E-state index in [9.17, 15) is 0 Å². The Kier molecular flexibility index (Phi) is 4.59. The zero-order chi connectivity index (χ0) is 11.7. The summed E-state index contributed by atoms with van der Waals surface area (Å²) in [6.45, 7) is 0. The van der Waals surface area contributed by atoms with E-state index >= 15 is 0 Å². The zero-order valence-corrected chi connectivity index (χ0v) is 13.3. The second-order valence-electron chi connectivity index (χ2n) is 4.38. The summed E-state index contributed by atoms with van der Waals surface area (Å²) in [7, 11) is 0. The summed E-state index contributed by atoms with van der Waals surface area (Å²) >= 11 is 1.50. The molecule has 89 valence electrons. The summed E-state index contributed by atoms with van der Waals surface area (Å²) in [6.07, 6.45) is 15.5. The summed E-state index contributed by atoms with van der Waals surface area (Å²) in [6, 6.07) is 6.70. The molecule has 0 unspecified atom stereocenters. The monoisotopic (exact) mass is 331 g/mol. The van der Waals surface area contributed by atoms with Crippen LogP contribution in [0.25, 0.3) is 11.1 Å². The molecule has 18 heavy (non-hydrogen) atoms. The van der Waals surface area contributed by atoms with E-state index in [0.717, 1.165) is 12.8 Å². The van der Waals surface area contributed by atoms with Crippen LogP contribution in [0, 0.1) is 0 Å². The van der Waals surface area contributed by atoms with Gasteiger partial charge in [-0.1, -0.05) is 0 Å². The normalized spacial score (nSPS) is 16.4. The van der Waals surface area contributed by atoms with Crippen molar-refractivity contribution in [3.63, 3.8) is 0 Å². The quantitative estimate of drug-likeness (QED) is 0.768. The predicted molar refractivity (Wildman–Crippen MR) is 76.8 cm³/mol. The molecule has 0 aromatic heterocycles. The van der Waals surface area contributed by atoms with Gasteiger partial charge in [-0.2, -0.15) is 0 Å². The van der Waals surface area contributed by atoms with E-state index in [1.165, 1.54) is 50.3 Å².